The Morgan fingerprint density at radius 3 is 2.86 bits per heavy atom. The molecule has 1 aromatic heterocycles. The minimum Gasteiger partial charge on any atom is -0.464 e. The van der Waals surface area contributed by atoms with E-state index in [-0.39, 0.29) is 5.69 Å². The fourth-order valence-corrected chi connectivity index (χ4v) is 2.06. The van der Waals surface area contributed by atoms with Crippen molar-refractivity contribution in [2.24, 2.45) is 0 Å². The van der Waals surface area contributed by atoms with Crippen molar-refractivity contribution in [1.29, 1.82) is 0 Å². The summed E-state index contributed by atoms with van der Waals surface area (Å²) in [5, 5.41) is 9.65. The van der Waals surface area contributed by atoms with Gasteiger partial charge in [-0.2, -0.15) is 0 Å². The van der Waals surface area contributed by atoms with Gasteiger partial charge in [0.25, 0.3) is 0 Å². The molecular weight excluding hydrogens is 273 g/mol. The first kappa shape index (κ1) is 13.6. The van der Waals surface area contributed by atoms with Gasteiger partial charge < -0.3 is 19.2 Å². The second-order valence-corrected chi connectivity index (χ2v) is 4.50. The highest BCUT2D eigenvalue weighted by Crippen LogP contribution is 2.22. The van der Waals surface area contributed by atoms with Gasteiger partial charge in [-0.25, -0.2) is 9.78 Å². The molecule has 0 radical (unpaired) electrons. The molecule has 0 saturated heterocycles. The highest BCUT2D eigenvalue weighted by atomic mass is 16.5. The summed E-state index contributed by atoms with van der Waals surface area (Å²) in [6.45, 7) is 0.395. The summed E-state index contributed by atoms with van der Waals surface area (Å²) in [6, 6.07) is 8.50. The van der Waals surface area contributed by atoms with Crippen molar-refractivity contribution in [1.82, 2.24) is 4.98 Å². The molecule has 1 aromatic carbocycles. The van der Waals surface area contributed by atoms with Crippen LogP contribution >= 0.6 is 0 Å². The molecule has 0 spiro atoms. The van der Waals surface area contributed by atoms with E-state index in [1.54, 1.807) is 18.2 Å². The Hall–Kier alpha value is -2.38. The highest BCUT2D eigenvalue weighted by molar-refractivity contribution is 6.61. The highest BCUT2D eigenvalue weighted by Gasteiger charge is 2.27. The van der Waals surface area contributed by atoms with E-state index in [1.807, 2.05) is 6.07 Å². The van der Waals surface area contributed by atoms with E-state index in [2.05, 4.69) is 9.72 Å². The average molecular weight is 285 g/mol. The van der Waals surface area contributed by atoms with Gasteiger partial charge in [-0.05, 0) is 35.3 Å². The van der Waals surface area contributed by atoms with Gasteiger partial charge >= 0.3 is 13.1 Å². The molecule has 0 saturated carbocycles. The second-order valence-electron chi connectivity index (χ2n) is 4.50. The van der Waals surface area contributed by atoms with Crippen molar-refractivity contribution in [2.75, 3.05) is 7.11 Å². The smallest absolute Gasteiger partial charge is 0.464 e. The number of ether oxygens (including phenoxy) is 2. The van der Waals surface area contributed by atoms with Crippen LogP contribution in [0.5, 0.6) is 11.5 Å². The lowest BCUT2D eigenvalue weighted by molar-refractivity contribution is 0.0594. The van der Waals surface area contributed by atoms with Crippen LogP contribution in [0.15, 0.2) is 36.5 Å². The molecule has 21 heavy (non-hydrogen) atoms. The molecule has 7 heteroatoms. The predicted molar refractivity (Wildman–Crippen MR) is 74.5 cm³/mol. The molecule has 0 fully saturated rings. The van der Waals surface area contributed by atoms with E-state index in [0.29, 0.717) is 23.6 Å². The summed E-state index contributed by atoms with van der Waals surface area (Å²) in [6.07, 6.45) is 1.44. The molecule has 106 valence electrons. The van der Waals surface area contributed by atoms with E-state index in [0.717, 1.165) is 5.56 Å². The van der Waals surface area contributed by atoms with Crippen molar-refractivity contribution in [3.05, 3.63) is 47.8 Å². The number of rotatable bonds is 3. The largest absolute Gasteiger partial charge is 0.491 e. The summed E-state index contributed by atoms with van der Waals surface area (Å²) in [5.74, 6) is 0.543. The molecule has 0 atom stereocenters. The number of methoxy groups -OCH3 is 1. The normalized spacial score (nSPS) is 13.0. The summed E-state index contributed by atoms with van der Waals surface area (Å²) in [5.41, 5.74) is 1.85. The van der Waals surface area contributed by atoms with Crippen LogP contribution in [0.1, 0.15) is 16.1 Å². The number of hydrogen-bond donors (Lipinski definition) is 1. The molecule has 6 nitrogen and oxygen atoms in total. The summed E-state index contributed by atoms with van der Waals surface area (Å²) < 4.78 is 15.3. The van der Waals surface area contributed by atoms with Gasteiger partial charge in [0.1, 0.15) is 17.2 Å². The van der Waals surface area contributed by atoms with Gasteiger partial charge in [0, 0.05) is 0 Å². The molecule has 2 heterocycles. The third-order valence-electron chi connectivity index (χ3n) is 3.15. The number of carbonyl (C=O) groups is 1. The van der Waals surface area contributed by atoms with Crippen LogP contribution in [-0.4, -0.2) is 30.2 Å². The maximum atomic E-state index is 11.3. The van der Waals surface area contributed by atoms with Crippen LogP contribution in [0.25, 0.3) is 0 Å². The van der Waals surface area contributed by atoms with E-state index in [4.69, 9.17) is 9.39 Å². The number of aromatic nitrogens is 1. The van der Waals surface area contributed by atoms with Crippen LogP contribution in [0.2, 0.25) is 0 Å². The Labute approximate surface area is 121 Å². The third-order valence-corrected chi connectivity index (χ3v) is 3.15. The van der Waals surface area contributed by atoms with Crippen LogP contribution < -0.4 is 10.2 Å². The topological polar surface area (TPSA) is 77.9 Å². The van der Waals surface area contributed by atoms with Gasteiger partial charge in [0.2, 0.25) is 0 Å². The predicted octanol–water partition coefficient (Wildman–Crippen LogP) is 0.878. The number of pyridine rings is 1. The average Bonchev–Trinajstić information content (AvgIpc) is 2.88. The number of esters is 1. The number of hydrogen-bond acceptors (Lipinski definition) is 6. The lowest BCUT2D eigenvalue weighted by Crippen LogP contribution is -2.27. The zero-order valence-electron chi connectivity index (χ0n) is 11.3. The Morgan fingerprint density at radius 1 is 1.33 bits per heavy atom. The molecule has 1 aliphatic heterocycles. The quantitative estimate of drug-likeness (QED) is 0.666. The van der Waals surface area contributed by atoms with Crippen molar-refractivity contribution in [3.8, 4) is 11.5 Å². The van der Waals surface area contributed by atoms with Crippen molar-refractivity contribution >= 4 is 18.6 Å². The van der Waals surface area contributed by atoms with Gasteiger partial charge in [-0.1, -0.05) is 6.07 Å². The van der Waals surface area contributed by atoms with Gasteiger partial charge in [-0.3, -0.25) is 0 Å². The molecule has 0 aliphatic carbocycles. The monoisotopic (exact) mass is 285 g/mol. The molecule has 0 amide bonds. The Bertz CT molecular complexity index is 674. The Morgan fingerprint density at radius 2 is 2.14 bits per heavy atom. The van der Waals surface area contributed by atoms with Crippen LogP contribution in [0.3, 0.4) is 0 Å². The lowest BCUT2D eigenvalue weighted by Gasteiger charge is -2.07. The SMILES string of the molecule is COC(=O)c1ccc(Oc2ccc3c(c2)B(O)OC3)cn1. The zero-order valence-corrected chi connectivity index (χ0v) is 11.3. The van der Waals surface area contributed by atoms with Gasteiger partial charge in [-0.15, -0.1) is 0 Å². The summed E-state index contributed by atoms with van der Waals surface area (Å²) in [4.78, 5) is 15.2. The molecule has 0 unspecified atom stereocenters. The molecule has 1 N–H and O–H groups in total. The third kappa shape index (κ3) is 2.74. The fraction of sp³-hybridized carbons (Fsp3) is 0.143. The minimum absolute atomic E-state index is 0.211. The van der Waals surface area contributed by atoms with Gasteiger partial charge in [0.05, 0.1) is 19.9 Å². The first-order chi connectivity index (χ1) is 10.2. The second kappa shape index (κ2) is 5.55. The van der Waals surface area contributed by atoms with E-state index >= 15 is 0 Å². The summed E-state index contributed by atoms with van der Waals surface area (Å²) >= 11 is 0. The van der Waals surface area contributed by atoms with Gasteiger partial charge in [0.15, 0.2) is 0 Å². The standard InChI is InChI=1S/C14H12BNO5/c1-19-14(17)13-5-4-11(7-16-13)21-10-3-2-9-8-20-15(18)12(9)6-10/h2-7,18H,8H2,1H3. The maximum absolute atomic E-state index is 11.3. The summed E-state index contributed by atoms with van der Waals surface area (Å²) in [7, 11) is 0.384. The number of fused-ring (bicyclic) bond motifs is 1. The number of benzene rings is 1. The molecule has 3 rings (SSSR count). The lowest BCUT2D eigenvalue weighted by atomic mass is 9.79. The molecule has 2 aromatic rings. The fourth-order valence-electron chi connectivity index (χ4n) is 2.06. The molecule has 0 bridgehead atoms. The first-order valence-electron chi connectivity index (χ1n) is 6.32. The minimum atomic E-state index is -0.914. The Kier molecular flexibility index (Phi) is 3.59. The zero-order chi connectivity index (χ0) is 14.8. The molecular formula is C14H12BNO5. The van der Waals surface area contributed by atoms with E-state index in [1.165, 1.54) is 19.4 Å². The van der Waals surface area contributed by atoms with E-state index in [9.17, 15) is 9.82 Å². The van der Waals surface area contributed by atoms with Crippen LogP contribution in [0.4, 0.5) is 0 Å². The number of carbonyl (C=O) groups excluding carboxylic acids is 1. The number of nitrogens with zero attached hydrogens (tertiary/aromatic N) is 1. The van der Waals surface area contributed by atoms with Crippen LogP contribution in [0, 0.1) is 0 Å². The first-order valence-corrected chi connectivity index (χ1v) is 6.32. The Balaban J connectivity index is 1.78. The van der Waals surface area contributed by atoms with Crippen molar-refractivity contribution in [2.45, 2.75) is 6.61 Å². The molecule has 1 aliphatic rings. The van der Waals surface area contributed by atoms with E-state index < -0.39 is 13.1 Å². The van der Waals surface area contributed by atoms with Crippen molar-refractivity contribution in [3.63, 3.8) is 0 Å². The van der Waals surface area contributed by atoms with Crippen LogP contribution in [-0.2, 0) is 16.0 Å². The van der Waals surface area contributed by atoms with Crippen molar-refractivity contribution < 1.29 is 23.9 Å². The maximum Gasteiger partial charge on any atom is 0.491 e.